The average Bonchev–Trinajstić information content (AvgIpc) is 2.76. The van der Waals surface area contributed by atoms with E-state index in [2.05, 4.69) is 5.10 Å². The minimum atomic E-state index is -1.07. The van der Waals surface area contributed by atoms with Gasteiger partial charge >= 0.3 is 5.97 Å². The predicted molar refractivity (Wildman–Crippen MR) is 73.4 cm³/mol. The van der Waals surface area contributed by atoms with Gasteiger partial charge in [0.15, 0.2) is 0 Å². The fourth-order valence-corrected chi connectivity index (χ4v) is 1.86. The summed E-state index contributed by atoms with van der Waals surface area (Å²) in [4.78, 5) is 11.3. The molecule has 1 aromatic heterocycles. The Bertz CT molecular complexity index is 642. The van der Waals surface area contributed by atoms with Gasteiger partial charge in [-0.1, -0.05) is 39.0 Å². The van der Waals surface area contributed by atoms with E-state index in [0.717, 1.165) is 0 Å². The largest absolute Gasteiger partial charge is 0.477 e. The second-order valence-electron chi connectivity index (χ2n) is 5.72. The smallest absolute Gasteiger partial charge is 0.354 e. The van der Waals surface area contributed by atoms with Crippen LogP contribution in [0, 0.1) is 5.82 Å². The van der Waals surface area contributed by atoms with E-state index in [1.807, 2.05) is 20.8 Å². The molecule has 0 atom stereocenters. The summed E-state index contributed by atoms with van der Waals surface area (Å²) in [6.45, 7) is 5.96. The van der Waals surface area contributed by atoms with Crippen LogP contribution in [0.2, 0.25) is 0 Å². The van der Waals surface area contributed by atoms with Crippen LogP contribution in [-0.4, -0.2) is 20.9 Å². The number of carboxylic acids is 1. The Labute approximate surface area is 116 Å². The normalized spacial score (nSPS) is 11.6. The summed E-state index contributed by atoms with van der Waals surface area (Å²) in [7, 11) is 0. The van der Waals surface area contributed by atoms with Gasteiger partial charge < -0.3 is 5.11 Å². The third-order valence-electron chi connectivity index (χ3n) is 3.05. The summed E-state index contributed by atoms with van der Waals surface area (Å²) < 4.78 is 15.0. The number of aromatic carboxylic acids is 1. The monoisotopic (exact) mass is 276 g/mol. The molecule has 2 aromatic rings. The molecular formula is C15H17FN2O2. The van der Waals surface area contributed by atoms with Gasteiger partial charge in [-0.05, 0) is 12.1 Å². The minimum absolute atomic E-state index is 0.0678. The summed E-state index contributed by atoms with van der Waals surface area (Å²) in [5, 5.41) is 13.5. The van der Waals surface area contributed by atoms with E-state index in [9.17, 15) is 14.3 Å². The first-order chi connectivity index (χ1) is 9.29. The van der Waals surface area contributed by atoms with Gasteiger partial charge in [-0.15, -0.1) is 0 Å². The predicted octanol–water partition coefficient (Wildman–Crippen LogP) is 3.07. The third-order valence-corrected chi connectivity index (χ3v) is 3.05. The lowest BCUT2D eigenvalue weighted by Gasteiger charge is -2.14. The number of benzene rings is 1. The van der Waals surface area contributed by atoms with Gasteiger partial charge in [0, 0.05) is 11.0 Å². The maximum atomic E-state index is 13.7. The summed E-state index contributed by atoms with van der Waals surface area (Å²) in [6, 6.07) is 7.83. The van der Waals surface area contributed by atoms with Crippen LogP contribution in [-0.2, 0) is 12.0 Å². The second kappa shape index (κ2) is 5.07. The second-order valence-corrected chi connectivity index (χ2v) is 5.72. The number of hydrogen-bond acceptors (Lipinski definition) is 2. The quantitative estimate of drug-likeness (QED) is 0.937. The molecule has 0 saturated carbocycles. The SMILES string of the molecule is CC(C)(C)c1cc(C(=O)O)n(Cc2ccccc2F)n1. The topological polar surface area (TPSA) is 55.1 Å². The summed E-state index contributed by atoms with van der Waals surface area (Å²) in [6.07, 6.45) is 0. The van der Waals surface area contributed by atoms with Crippen molar-refractivity contribution in [3.63, 3.8) is 0 Å². The van der Waals surface area contributed by atoms with E-state index in [-0.39, 0.29) is 23.5 Å². The Hall–Kier alpha value is -2.17. The first-order valence-corrected chi connectivity index (χ1v) is 6.34. The lowest BCUT2D eigenvalue weighted by molar-refractivity contribution is 0.0684. The Morgan fingerprint density at radius 1 is 1.35 bits per heavy atom. The van der Waals surface area contributed by atoms with Gasteiger partial charge in [0.2, 0.25) is 0 Å². The van der Waals surface area contributed by atoms with E-state index >= 15 is 0 Å². The lowest BCUT2D eigenvalue weighted by Crippen LogP contribution is -2.14. The van der Waals surface area contributed by atoms with Crippen LogP contribution in [0.3, 0.4) is 0 Å². The van der Waals surface area contributed by atoms with E-state index < -0.39 is 5.97 Å². The van der Waals surface area contributed by atoms with Crippen LogP contribution in [0.5, 0.6) is 0 Å². The van der Waals surface area contributed by atoms with Gasteiger partial charge in [0.1, 0.15) is 11.5 Å². The van der Waals surface area contributed by atoms with E-state index in [0.29, 0.717) is 11.3 Å². The van der Waals surface area contributed by atoms with Crippen molar-refractivity contribution in [3.8, 4) is 0 Å². The van der Waals surface area contributed by atoms with Crippen molar-refractivity contribution < 1.29 is 14.3 Å². The summed E-state index contributed by atoms with van der Waals surface area (Å²) >= 11 is 0. The zero-order valence-corrected chi connectivity index (χ0v) is 11.7. The molecule has 0 amide bonds. The van der Waals surface area contributed by atoms with Crippen molar-refractivity contribution in [2.45, 2.75) is 32.7 Å². The van der Waals surface area contributed by atoms with Crippen LogP contribution < -0.4 is 0 Å². The maximum Gasteiger partial charge on any atom is 0.354 e. The number of aromatic nitrogens is 2. The summed E-state index contributed by atoms with van der Waals surface area (Å²) in [5.74, 6) is -1.43. The Morgan fingerprint density at radius 3 is 2.55 bits per heavy atom. The van der Waals surface area contributed by atoms with Crippen molar-refractivity contribution in [1.29, 1.82) is 0 Å². The Balaban J connectivity index is 2.43. The molecule has 0 aliphatic heterocycles. The highest BCUT2D eigenvalue weighted by Crippen LogP contribution is 2.22. The molecule has 0 aliphatic rings. The number of nitrogens with zero attached hydrogens (tertiary/aromatic N) is 2. The van der Waals surface area contributed by atoms with E-state index in [1.54, 1.807) is 24.3 Å². The third kappa shape index (κ3) is 2.87. The fourth-order valence-electron chi connectivity index (χ4n) is 1.86. The number of rotatable bonds is 3. The van der Waals surface area contributed by atoms with Crippen molar-refractivity contribution in [2.75, 3.05) is 0 Å². The average molecular weight is 276 g/mol. The molecule has 106 valence electrons. The van der Waals surface area contributed by atoms with Crippen LogP contribution in [0.15, 0.2) is 30.3 Å². The highest BCUT2D eigenvalue weighted by molar-refractivity contribution is 5.85. The Kier molecular flexibility index (Phi) is 3.61. The first kappa shape index (κ1) is 14.2. The van der Waals surface area contributed by atoms with Crippen molar-refractivity contribution in [2.24, 2.45) is 0 Å². The number of halogens is 1. The van der Waals surface area contributed by atoms with Crippen molar-refractivity contribution >= 4 is 5.97 Å². The molecule has 0 fully saturated rings. The number of hydrogen-bond donors (Lipinski definition) is 1. The zero-order chi connectivity index (χ0) is 14.9. The van der Waals surface area contributed by atoms with Gasteiger partial charge in [-0.2, -0.15) is 5.10 Å². The van der Waals surface area contributed by atoms with Gasteiger partial charge in [0.25, 0.3) is 0 Å². The fraction of sp³-hybridized carbons (Fsp3) is 0.333. The first-order valence-electron chi connectivity index (χ1n) is 6.34. The molecule has 1 heterocycles. The molecular weight excluding hydrogens is 259 g/mol. The molecule has 4 nitrogen and oxygen atoms in total. The van der Waals surface area contributed by atoms with E-state index in [4.69, 9.17) is 0 Å². The van der Waals surface area contributed by atoms with Crippen LogP contribution in [0.1, 0.15) is 42.5 Å². The molecule has 0 spiro atoms. The zero-order valence-electron chi connectivity index (χ0n) is 11.7. The van der Waals surface area contributed by atoms with Crippen LogP contribution >= 0.6 is 0 Å². The van der Waals surface area contributed by atoms with E-state index in [1.165, 1.54) is 10.7 Å². The maximum absolute atomic E-state index is 13.7. The standard InChI is InChI=1S/C15H17FN2O2/c1-15(2,3)13-8-12(14(19)20)18(17-13)9-10-6-4-5-7-11(10)16/h4-8H,9H2,1-3H3,(H,19,20). The molecule has 0 bridgehead atoms. The van der Waals surface area contributed by atoms with Crippen molar-refractivity contribution in [1.82, 2.24) is 9.78 Å². The van der Waals surface area contributed by atoms with Gasteiger partial charge in [-0.25, -0.2) is 9.18 Å². The lowest BCUT2D eigenvalue weighted by atomic mass is 9.92. The molecule has 5 heteroatoms. The molecule has 1 N–H and O–H groups in total. The molecule has 0 unspecified atom stereocenters. The molecule has 0 radical (unpaired) electrons. The van der Waals surface area contributed by atoms with Gasteiger partial charge in [0.05, 0.1) is 12.2 Å². The molecule has 2 rings (SSSR count). The molecule has 1 aromatic carbocycles. The van der Waals surface area contributed by atoms with Crippen LogP contribution in [0.25, 0.3) is 0 Å². The minimum Gasteiger partial charge on any atom is -0.477 e. The molecule has 20 heavy (non-hydrogen) atoms. The summed E-state index contributed by atoms with van der Waals surface area (Å²) in [5.41, 5.74) is 0.896. The van der Waals surface area contributed by atoms with Crippen molar-refractivity contribution in [3.05, 3.63) is 53.1 Å². The molecule has 0 saturated heterocycles. The highest BCUT2D eigenvalue weighted by Gasteiger charge is 2.23. The molecule has 0 aliphatic carbocycles. The Morgan fingerprint density at radius 2 is 2.00 bits per heavy atom. The van der Waals surface area contributed by atoms with Gasteiger partial charge in [-0.3, -0.25) is 4.68 Å². The number of carbonyl (C=O) groups is 1. The highest BCUT2D eigenvalue weighted by atomic mass is 19.1. The van der Waals surface area contributed by atoms with Crippen LogP contribution in [0.4, 0.5) is 4.39 Å². The number of carboxylic acid groups (broad SMARTS) is 1.